The number of phenols is 1. The predicted octanol–water partition coefficient (Wildman–Crippen LogP) is 2.40. The van der Waals surface area contributed by atoms with Crippen LogP contribution in [-0.2, 0) is 37.4 Å². The normalized spacial score (nSPS) is 19.9. The molecule has 1 aliphatic rings. The van der Waals surface area contributed by atoms with Crippen LogP contribution in [0.4, 0.5) is 4.39 Å². The second-order valence-corrected chi connectivity index (χ2v) is 12.6. The van der Waals surface area contributed by atoms with Crippen LogP contribution < -0.4 is 16.4 Å². The summed E-state index contributed by atoms with van der Waals surface area (Å²) in [5, 5.41) is 16.2. The van der Waals surface area contributed by atoms with Gasteiger partial charge in [0.1, 0.15) is 23.7 Å². The first-order valence-electron chi connectivity index (χ1n) is 15.1. The van der Waals surface area contributed by atoms with Crippen molar-refractivity contribution >= 4 is 23.6 Å². The van der Waals surface area contributed by atoms with E-state index >= 15 is 0 Å². The lowest BCUT2D eigenvalue weighted by molar-refractivity contribution is -0.142. The quantitative estimate of drug-likeness (QED) is 0.395. The van der Waals surface area contributed by atoms with Gasteiger partial charge in [0.2, 0.25) is 23.6 Å². The Kier molecular flexibility index (Phi) is 11.9. The second kappa shape index (κ2) is 15.1. The number of aromatic hydroxyl groups is 1. The molecule has 1 fully saturated rings. The summed E-state index contributed by atoms with van der Waals surface area (Å²) in [6.07, 6.45) is 1.85. The Bertz CT molecular complexity index is 1330. The summed E-state index contributed by atoms with van der Waals surface area (Å²) in [6, 6.07) is 7.96. The fourth-order valence-corrected chi connectivity index (χ4v) is 5.32. The van der Waals surface area contributed by atoms with Crippen LogP contribution in [0.25, 0.3) is 0 Å². The van der Waals surface area contributed by atoms with Crippen molar-refractivity contribution in [3.8, 4) is 5.75 Å². The number of nitrogens with one attached hydrogen (secondary N) is 2. The van der Waals surface area contributed by atoms with E-state index in [0.717, 1.165) is 5.56 Å². The fourth-order valence-electron chi connectivity index (χ4n) is 5.32. The van der Waals surface area contributed by atoms with Crippen LogP contribution in [0.1, 0.15) is 63.1 Å². The Balaban J connectivity index is 1.89. The van der Waals surface area contributed by atoms with Gasteiger partial charge in [0, 0.05) is 40.0 Å². The molecule has 44 heavy (non-hydrogen) atoms. The molecule has 240 valence electrons. The van der Waals surface area contributed by atoms with E-state index in [1.165, 1.54) is 29.0 Å². The van der Waals surface area contributed by atoms with E-state index in [2.05, 4.69) is 10.6 Å². The van der Waals surface area contributed by atoms with Gasteiger partial charge in [-0.3, -0.25) is 19.2 Å². The number of halogens is 1. The highest BCUT2D eigenvalue weighted by Gasteiger charge is 2.33. The van der Waals surface area contributed by atoms with Crippen molar-refractivity contribution in [3.63, 3.8) is 0 Å². The molecule has 0 saturated carbocycles. The lowest BCUT2D eigenvalue weighted by Crippen LogP contribution is -2.57. The van der Waals surface area contributed by atoms with Gasteiger partial charge >= 0.3 is 0 Å². The van der Waals surface area contributed by atoms with Gasteiger partial charge < -0.3 is 31.3 Å². The maximum atomic E-state index is 13.9. The van der Waals surface area contributed by atoms with Crippen molar-refractivity contribution in [3.05, 3.63) is 65.0 Å². The summed E-state index contributed by atoms with van der Waals surface area (Å²) >= 11 is 0. The van der Waals surface area contributed by atoms with Crippen LogP contribution in [0.3, 0.4) is 0 Å². The number of hydrogen-bond donors (Lipinski definition) is 4. The molecule has 5 N–H and O–H groups in total. The van der Waals surface area contributed by atoms with Gasteiger partial charge in [-0.1, -0.05) is 45.0 Å². The molecule has 4 amide bonds. The number of carbonyl (C=O) groups is 4. The summed E-state index contributed by atoms with van der Waals surface area (Å²) in [5.41, 5.74) is 8.02. The Morgan fingerprint density at radius 2 is 1.77 bits per heavy atom. The molecule has 3 unspecified atom stereocenters. The Morgan fingerprint density at radius 3 is 2.43 bits per heavy atom. The zero-order valence-electron chi connectivity index (χ0n) is 26.4. The van der Waals surface area contributed by atoms with E-state index in [4.69, 9.17) is 5.73 Å². The van der Waals surface area contributed by atoms with Crippen molar-refractivity contribution in [2.75, 3.05) is 27.2 Å². The third-order valence-corrected chi connectivity index (χ3v) is 8.00. The molecule has 0 bridgehead atoms. The second-order valence-electron chi connectivity index (χ2n) is 12.6. The molecule has 11 heteroatoms. The van der Waals surface area contributed by atoms with Crippen molar-refractivity contribution in [2.24, 2.45) is 5.73 Å². The average molecular weight is 612 g/mol. The number of nitrogens with two attached hydrogens (primary N) is 1. The molecule has 1 heterocycles. The van der Waals surface area contributed by atoms with Gasteiger partial charge in [-0.15, -0.1) is 0 Å². The summed E-state index contributed by atoms with van der Waals surface area (Å²) in [4.78, 5) is 56.1. The molecule has 0 radical (unpaired) electrons. The van der Waals surface area contributed by atoms with Crippen molar-refractivity contribution in [1.29, 1.82) is 0 Å². The molecule has 2 aromatic carbocycles. The molecule has 3 rings (SSSR count). The number of likely N-dealkylation sites (N-methyl/N-ethyl adjacent to an activating group) is 2. The molecular weight excluding hydrogens is 565 g/mol. The highest BCUT2D eigenvalue weighted by Crippen LogP contribution is 2.31. The molecule has 1 saturated heterocycles. The molecule has 0 aliphatic carbocycles. The third kappa shape index (κ3) is 9.51. The van der Waals surface area contributed by atoms with Crippen LogP contribution in [0.2, 0.25) is 0 Å². The first-order valence-corrected chi connectivity index (χ1v) is 15.1. The van der Waals surface area contributed by atoms with Crippen molar-refractivity contribution in [1.82, 2.24) is 20.4 Å². The predicted molar refractivity (Wildman–Crippen MR) is 166 cm³/mol. The lowest BCUT2D eigenvalue weighted by Gasteiger charge is -2.32. The maximum Gasteiger partial charge on any atom is 0.245 e. The zero-order valence-corrected chi connectivity index (χ0v) is 26.4. The number of rotatable bonds is 6. The van der Waals surface area contributed by atoms with E-state index in [9.17, 15) is 28.7 Å². The van der Waals surface area contributed by atoms with Gasteiger partial charge in [-0.2, -0.15) is 0 Å². The van der Waals surface area contributed by atoms with Crippen LogP contribution in [0.15, 0.2) is 42.5 Å². The molecular formula is C33H46FN5O5. The number of amides is 4. The minimum Gasteiger partial charge on any atom is -0.508 e. The monoisotopic (exact) mass is 611 g/mol. The number of nitrogens with zero attached hydrogens (tertiary/aromatic N) is 2. The lowest BCUT2D eigenvalue weighted by atomic mass is 9.84. The van der Waals surface area contributed by atoms with E-state index in [-0.39, 0.29) is 55.2 Å². The molecule has 2 aromatic rings. The Hall–Kier alpha value is -3.99. The molecule has 0 aromatic heterocycles. The smallest absolute Gasteiger partial charge is 0.245 e. The summed E-state index contributed by atoms with van der Waals surface area (Å²) in [5.74, 6) is -1.76. The van der Waals surface area contributed by atoms with E-state index in [1.807, 2.05) is 26.8 Å². The largest absolute Gasteiger partial charge is 0.508 e. The Labute approximate surface area is 259 Å². The first kappa shape index (κ1) is 34.5. The van der Waals surface area contributed by atoms with Gasteiger partial charge in [0.15, 0.2) is 0 Å². The van der Waals surface area contributed by atoms with Crippen LogP contribution >= 0.6 is 0 Å². The summed E-state index contributed by atoms with van der Waals surface area (Å²) < 4.78 is 13.4. The SMILES string of the molecule is CN1CCC(=O)NCCCCC(N(C)C(=O)C(N)Cc2ccc(F)cc2)C(=O)NC(Cc2ccc(O)c(C(C)(C)C)c2)C1=O. The molecule has 10 nitrogen and oxygen atoms in total. The number of carbonyl (C=O) groups excluding carboxylic acids is 4. The summed E-state index contributed by atoms with van der Waals surface area (Å²) in [6.45, 7) is 6.48. The Morgan fingerprint density at radius 1 is 1.11 bits per heavy atom. The number of benzene rings is 2. The van der Waals surface area contributed by atoms with Gasteiger partial charge in [-0.25, -0.2) is 4.39 Å². The topological polar surface area (TPSA) is 145 Å². The minimum absolute atomic E-state index is 0.127. The zero-order chi connectivity index (χ0) is 32.6. The van der Waals surface area contributed by atoms with Crippen molar-refractivity contribution in [2.45, 2.75) is 82.8 Å². The minimum atomic E-state index is -0.991. The fraction of sp³-hybridized carbons (Fsp3) is 0.515. The third-order valence-electron chi connectivity index (χ3n) is 8.00. The standard InChI is InChI=1S/C33H46FN5O5/c1-33(2,3)24-18-22(11-14-28(24)40)20-26-32(44)38(4)17-15-29(41)36-16-7-6-8-27(30(42)37-26)39(5)31(43)25(35)19-21-9-12-23(34)13-10-21/h9-14,18,25-27,40H,6-8,15-17,19-20,35H2,1-5H3,(H,36,41)(H,37,42). The maximum absolute atomic E-state index is 13.9. The highest BCUT2D eigenvalue weighted by atomic mass is 19.1. The summed E-state index contributed by atoms with van der Waals surface area (Å²) in [7, 11) is 3.10. The number of phenolic OH excluding ortho intramolecular Hbond substituents is 1. The van der Waals surface area contributed by atoms with Crippen LogP contribution in [0, 0.1) is 5.82 Å². The van der Waals surface area contributed by atoms with Gasteiger partial charge in [0.25, 0.3) is 0 Å². The van der Waals surface area contributed by atoms with Crippen LogP contribution in [0.5, 0.6) is 5.75 Å². The van der Waals surface area contributed by atoms with E-state index in [1.54, 1.807) is 31.3 Å². The molecule has 0 spiro atoms. The van der Waals surface area contributed by atoms with Gasteiger partial charge in [-0.05, 0) is 66.0 Å². The van der Waals surface area contributed by atoms with Crippen LogP contribution in [-0.4, -0.2) is 83.8 Å². The van der Waals surface area contributed by atoms with E-state index < -0.39 is 35.8 Å². The van der Waals surface area contributed by atoms with E-state index in [0.29, 0.717) is 30.5 Å². The average Bonchev–Trinajstić information content (AvgIpc) is 2.97. The number of hydrogen-bond acceptors (Lipinski definition) is 6. The molecule has 1 aliphatic heterocycles. The van der Waals surface area contributed by atoms with Gasteiger partial charge in [0.05, 0.1) is 6.04 Å². The molecule has 3 atom stereocenters. The first-order chi connectivity index (χ1) is 20.7. The highest BCUT2D eigenvalue weighted by molar-refractivity contribution is 5.93. The van der Waals surface area contributed by atoms with Crippen molar-refractivity contribution < 1.29 is 28.7 Å².